The van der Waals surface area contributed by atoms with Crippen molar-refractivity contribution in [3.05, 3.63) is 46.3 Å². The molecule has 0 saturated heterocycles. The van der Waals surface area contributed by atoms with Crippen molar-refractivity contribution < 1.29 is 8.78 Å². The van der Waals surface area contributed by atoms with Crippen LogP contribution in [-0.4, -0.2) is 4.98 Å². The molecular weight excluding hydrogens is 242 g/mol. The number of nitrogens with zero attached hydrogens (tertiary/aromatic N) is 1. The topological polar surface area (TPSA) is 24.9 Å². The predicted octanol–water partition coefficient (Wildman–Crippen LogP) is 3.98. The molecule has 0 bridgehead atoms. The van der Waals surface area contributed by atoms with Gasteiger partial charge < -0.3 is 5.32 Å². The largest absolute Gasteiger partial charge is 0.360 e. The quantitative estimate of drug-likeness (QED) is 0.892. The van der Waals surface area contributed by atoms with Crippen LogP contribution in [0.2, 0.25) is 0 Å². The van der Waals surface area contributed by atoms with Crippen molar-refractivity contribution in [2.45, 2.75) is 19.4 Å². The van der Waals surface area contributed by atoms with Gasteiger partial charge in [-0.15, -0.1) is 11.3 Å². The highest BCUT2D eigenvalue weighted by Gasteiger charge is 2.13. The SMILES string of the molecule is CCC(Nc1ncc(F)cc1F)c1cccs1. The summed E-state index contributed by atoms with van der Waals surface area (Å²) in [6.07, 6.45) is 1.81. The number of pyridine rings is 1. The van der Waals surface area contributed by atoms with Gasteiger partial charge in [-0.25, -0.2) is 13.8 Å². The van der Waals surface area contributed by atoms with Gasteiger partial charge in [-0.05, 0) is 17.9 Å². The molecule has 1 N–H and O–H groups in total. The molecule has 0 saturated carbocycles. The Bertz CT molecular complexity index is 485. The van der Waals surface area contributed by atoms with Gasteiger partial charge in [0.25, 0.3) is 0 Å². The van der Waals surface area contributed by atoms with Crippen molar-refractivity contribution in [3.63, 3.8) is 0 Å². The zero-order valence-electron chi connectivity index (χ0n) is 9.28. The summed E-state index contributed by atoms with van der Waals surface area (Å²) >= 11 is 1.60. The normalized spacial score (nSPS) is 12.4. The molecule has 1 atom stereocenters. The summed E-state index contributed by atoms with van der Waals surface area (Å²) in [6, 6.07) is 4.75. The second-order valence-electron chi connectivity index (χ2n) is 3.60. The second kappa shape index (κ2) is 5.23. The first-order valence-electron chi connectivity index (χ1n) is 5.31. The fraction of sp³-hybridized carbons (Fsp3) is 0.250. The standard InChI is InChI=1S/C12H12F2N2S/c1-2-10(11-4-3-5-17-11)16-12-9(14)6-8(13)7-15-12/h3-7,10H,2H2,1H3,(H,15,16). The van der Waals surface area contributed by atoms with Crippen molar-refractivity contribution in [3.8, 4) is 0 Å². The Balaban J connectivity index is 2.19. The van der Waals surface area contributed by atoms with Crippen molar-refractivity contribution in [2.24, 2.45) is 0 Å². The van der Waals surface area contributed by atoms with E-state index in [4.69, 9.17) is 0 Å². The van der Waals surface area contributed by atoms with Gasteiger partial charge >= 0.3 is 0 Å². The lowest BCUT2D eigenvalue weighted by atomic mass is 10.2. The van der Waals surface area contributed by atoms with E-state index < -0.39 is 11.6 Å². The molecule has 2 rings (SSSR count). The predicted molar refractivity (Wildman–Crippen MR) is 65.1 cm³/mol. The fourth-order valence-electron chi connectivity index (χ4n) is 1.55. The molecule has 1 unspecified atom stereocenters. The number of halogens is 2. The van der Waals surface area contributed by atoms with Crippen LogP contribution in [0.15, 0.2) is 29.8 Å². The summed E-state index contributed by atoms with van der Waals surface area (Å²) in [5.74, 6) is -1.25. The van der Waals surface area contributed by atoms with Crippen LogP contribution in [0, 0.1) is 11.6 Å². The molecule has 0 aromatic carbocycles. The molecular formula is C12H12F2N2S. The number of thiophene rings is 1. The monoisotopic (exact) mass is 254 g/mol. The molecule has 2 nitrogen and oxygen atoms in total. The van der Waals surface area contributed by atoms with Crippen LogP contribution in [0.5, 0.6) is 0 Å². The summed E-state index contributed by atoms with van der Waals surface area (Å²) < 4.78 is 26.1. The lowest BCUT2D eigenvalue weighted by Gasteiger charge is -2.16. The summed E-state index contributed by atoms with van der Waals surface area (Å²) in [5, 5.41) is 4.95. The molecule has 0 amide bonds. The lowest BCUT2D eigenvalue weighted by molar-refractivity contribution is 0.572. The van der Waals surface area contributed by atoms with E-state index in [9.17, 15) is 8.78 Å². The Kier molecular flexibility index (Phi) is 3.68. The van der Waals surface area contributed by atoms with E-state index in [0.717, 1.165) is 23.6 Å². The molecule has 5 heteroatoms. The molecule has 0 fully saturated rings. The number of rotatable bonds is 4. The van der Waals surface area contributed by atoms with E-state index in [1.807, 2.05) is 24.4 Å². The number of hydrogen-bond donors (Lipinski definition) is 1. The van der Waals surface area contributed by atoms with Crippen LogP contribution in [0.1, 0.15) is 24.3 Å². The Hall–Kier alpha value is -1.49. The lowest BCUT2D eigenvalue weighted by Crippen LogP contribution is -2.11. The molecule has 0 radical (unpaired) electrons. The first kappa shape index (κ1) is 12.0. The van der Waals surface area contributed by atoms with E-state index >= 15 is 0 Å². The summed E-state index contributed by atoms with van der Waals surface area (Å²) in [5.41, 5.74) is 0. The molecule has 17 heavy (non-hydrogen) atoms. The van der Waals surface area contributed by atoms with Gasteiger partial charge in [0, 0.05) is 10.9 Å². The van der Waals surface area contributed by atoms with Gasteiger partial charge in [0.1, 0.15) is 5.82 Å². The minimum absolute atomic E-state index is 0.00228. The van der Waals surface area contributed by atoms with Gasteiger partial charge in [-0.3, -0.25) is 0 Å². The Morgan fingerprint density at radius 3 is 2.88 bits per heavy atom. The number of nitrogens with one attached hydrogen (secondary N) is 1. The van der Waals surface area contributed by atoms with Gasteiger partial charge in [0.15, 0.2) is 11.6 Å². The summed E-state index contributed by atoms with van der Waals surface area (Å²) in [6.45, 7) is 2.00. The highest BCUT2D eigenvalue weighted by Crippen LogP contribution is 2.26. The van der Waals surface area contributed by atoms with E-state index in [0.29, 0.717) is 0 Å². The van der Waals surface area contributed by atoms with Gasteiger partial charge in [-0.1, -0.05) is 13.0 Å². The smallest absolute Gasteiger partial charge is 0.168 e. The van der Waals surface area contributed by atoms with E-state index in [-0.39, 0.29) is 11.9 Å². The molecule has 2 heterocycles. The van der Waals surface area contributed by atoms with Crippen LogP contribution in [0.25, 0.3) is 0 Å². The highest BCUT2D eigenvalue weighted by molar-refractivity contribution is 7.10. The Morgan fingerprint density at radius 1 is 1.47 bits per heavy atom. The van der Waals surface area contributed by atoms with Crippen LogP contribution in [-0.2, 0) is 0 Å². The number of hydrogen-bond acceptors (Lipinski definition) is 3. The van der Waals surface area contributed by atoms with E-state index in [1.165, 1.54) is 0 Å². The summed E-state index contributed by atoms with van der Waals surface area (Å²) in [4.78, 5) is 4.83. The first-order valence-corrected chi connectivity index (χ1v) is 6.19. The maximum absolute atomic E-state index is 13.4. The molecule has 90 valence electrons. The molecule has 2 aromatic heterocycles. The van der Waals surface area contributed by atoms with Crippen LogP contribution in [0.3, 0.4) is 0 Å². The highest BCUT2D eigenvalue weighted by atomic mass is 32.1. The number of aromatic nitrogens is 1. The maximum atomic E-state index is 13.4. The van der Waals surface area contributed by atoms with Crippen molar-refractivity contribution >= 4 is 17.2 Å². The minimum Gasteiger partial charge on any atom is -0.360 e. The zero-order chi connectivity index (χ0) is 12.3. The maximum Gasteiger partial charge on any atom is 0.168 e. The van der Waals surface area contributed by atoms with Gasteiger partial charge in [-0.2, -0.15) is 0 Å². The minimum atomic E-state index is -0.669. The molecule has 0 aliphatic heterocycles. The van der Waals surface area contributed by atoms with E-state index in [2.05, 4.69) is 10.3 Å². The van der Waals surface area contributed by atoms with Crippen molar-refractivity contribution in [2.75, 3.05) is 5.32 Å². The van der Waals surface area contributed by atoms with Crippen LogP contribution < -0.4 is 5.32 Å². The second-order valence-corrected chi connectivity index (χ2v) is 4.58. The molecule has 0 aliphatic carbocycles. The molecule has 2 aromatic rings. The van der Waals surface area contributed by atoms with Gasteiger partial charge in [0.05, 0.1) is 12.2 Å². The van der Waals surface area contributed by atoms with Crippen molar-refractivity contribution in [1.82, 2.24) is 4.98 Å². The number of anilines is 1. The third-order valence-corrected chi connectivity index (χ3v) is 3.40. The molecule has 0 spiro atoms. The van der Waals surface area contributed by atoms with Crippen LogP contribution in [0.4, 0.5) is 14.6 Å². The first-order chi connectivity index (χ1) is 8.20. The van der Waals surface area contributed by atoms with Crippen molar-refractivity contribution in [1.29, 1.82) is 0 Å². The van der Waals surface area contributed by atoms with Crippen LogP contribution >= 0.6 is 11.3 Å². The van der Waals surface area contributed by atoms with E-state index in [1.54, 1.807) is 11.3 Å². The van der Waals surface area contributed by atoms with Gasteiger partial charge in [0.2, 0.25) is 0 Å². The fourth-order valence-corrected chi connectivity index (χ4v) is 2.41. The Morgan fingerprint density at radius 2 is 2.29 bits per heavy atom. The average molecular weight is 254 g/mol. The Labute approximate surface area is 102 Å². The third kappa shape index (κ3) is 2.79. The third-order valence-electron chi connectivity index (χ3n) is 2.41. The average Bonchev–Trinajstić information content (AvgIpc) is 2.81. The zero-order valence-corrected chi connectivity index (χ0v) is 10.1. The molecule has 0 aliphatic rings. The summed E-state index contributed by atoms with van der Waals surface area (Å²) in [7, 11) is 0.